The molecule has 2 aliphatic rings. The molecule has 2 aromatic rings. The molecule has 27 heavy (non-hydrogen) atoms. The first-order valence-electron chi connectivity index (χ1n) is 10.3. The molecule has 0 saturated carbocycles. The van der Waals surface area contributed by atoms with Crippen molar-refractivity contribution in [2.24, 2.45) is 11.8 Å². The highest BCUT2D eigenvalue weighted by atomic mass is 32.1. The first-order valence-corrected chi connectivity index (χ1v) is 11.2. The van der Waals surface area contributed by atoms with Crippen LogP contribution in [0.4, 0.5) is 5.82 Å². The molecule has 0 radical (unpaired) electrons. The van der Waals surface area contributed by atoms with Gasteiger partial charge in [0.2, 0.25) is 5.91 Å². The van der Waals surface area contributed by atoms with Crippen molar-refractivity contribution in [3.8, 4) is 0 Å². The summed E-state index contributed by atoms with van der Waals surface area (Å²) in [5.41, 5.74) is 1.37. The Hall–Kier alpha value is -1.69. The van der Waals surface area contributed by atoms with Gasteiger partial charge in [-0.05, 0) is 55.9 Å². The van der Waals surface area contributed by atoms with Crippen LogP contribution in [0.25, 0.3) is 10.2 Å². The molecular weight excluding hydrogens is 356 g/mol. The molecule has 5 nitrogen and oxygen atoms in total. The molecule has 0 aromatic carbocycles. The third kappa shape index (κ3) is 3.82. The van der Waals surface area contributed by atoms with E-state index in [0.29, 0.717) is 11.8 Å². The lowest BCUT2D eigenvalue weighted by molar-refractivity contribution is -0.135. The van der Waals surface area contributed by atoms with Gasteiger partial charge in [-0.25, -0.2) is 9.97 Å². The summed E-state index contributed by atoms with van der Waals surface area (Å²) in [5.74, 6) is 3.11. The van der Waals surface area contributed by atoms with Gasteiger partial charge in [-0.3, -0.25) is 4.79 Å². The number of aryl methyl sites for hydroxylation is 1. The Morgan fingerprint density at radius 1 is 1.19 bits per heavy atom. The van der Waals surface area contributed by atoms with Crippen LogP contribution in [-0.2, 0) is 11.2 Å². The van der Waals surface area contributed by atoms with Gasteiger partial charge >= 0.3 is 0 Å². The number of piperidine rings is 1. The van der Waals surface area contributed by atoms with Crippen LogP contribution >= 0.6 is 11.3 Å². The first-order chi connectivity index (χ1) is 13.0. The Labute approximate surface area is 165 Å². The van der Waals surface area contributed by atoms with Crippen molar-refractivity contribution in [2.75, 3.05) is 31.1 Å². The maximum absolute atomic E-state index is 12.7. The molecule has 2 aliphatic heterocycles. The zero-order chi connectivity index (χ0) is 19.0. The quantitative estimate of drug-likeness (QED) is 0.796. The maximum atomic E-state index is 12.7. The number of hydrogen-bond donors (Lipinski definition) is 0. The monoisotopic (exact) mass is 386 g/mol. The SMILES string of the molecule is Cc1nc(N2CCC(C(=O)N3CCCC3)CC2)c2c(CC(C)C)csc2n1. The lowest BCUT2D eigenvalue weighted by Crippen LogP contribution is -2.42. The number of rotatable bonds is 4. The van der Waals surface area contributed by atoms with Crippen LogP contribution in [0.2, 0.25) is 0 Å². The van der Waals surface area contributed by atoms with E-state index < -0.39 is 0 Å². The lowest BCUT2D eigenvalue weighted by atomic mass is 9.95. The number of thiophene rings is 1. The van der Waals surface area contributed by atoms with E-state index in [0.717, 1.165) is 61.9 Å². The number of likely N-dealkylation sites (tertiary alicyclic amines) is 1. The van der Waals surface area contributed by atoms with Crippen LogP contribution in [0.1, 0.15) is 50.9 Å². The molecule has 0 atom stereocenters. The van der Waals surface area contributed by atoms with E-state index in [2.05, 4.69) is 34.0 Å². The molecule has 146 valence electrons. The van der Waals surface area contributed by atoms with Gasteiger partial charge in [0.15, 0.2) is 0 Å². The number of anilines is 1. The summed E-state index contributed by atoms with van der Waals surface area (Å²) in [7, 11) is 0. The average molecular weight is 387 g/mol. The molecule has 0 bridgehead atoms. The highest BCUT2D eigenvalue weighted by Gasteiger charge is 2.31. The van der Waals surface area contributed by atoms with Crippen molar-refractivity contribution in [1.82, 2.24) is 14.9 Å². The third-order valence-electron chi connectivity index (χ3n) is 5.79. The second-order valence-corrected chi connectivity index (χ2v) is 9.29. The molecule has 0 spiro atoms. The summed E-state index contributed by atoms with van der Waals surface area (Å²) in [4.78, 5) is 27.8. The van der Waals surface area contributed by atoms with E-state index in [-0.39, 0.29) is 5.92 Å². The molecule has 2 fully saturated rings. The predicted molar refractivity (Wildman–Crippen MR) is 111 cm³/mol. The molecular formula is C21H30N4OS. The summed E-state index contributed by atoms with van der Waals surface area (Å²) in [5, 5.41) is 3.50. The minimum absolute atomic E-state index is 0.190. The van der Waals surface area contributed by atoms with E-state index in [1.54, 1.807) is 11.3 Å². The number of aromatic nitrogens is 2. The molecule has 4 heterocycles. The molecule has 2 saturated heterocycles. The van der Waals surface area contributed by atoms with Crippen LogP contribution in [0, 0.1) is 18.8 Å². The van der Waals surface area contributed by atoms with Gasteiger partial charge in [-0.15, -0.1) is 11.3 Å². The van der Waals surface area contributed by atoms with Gasteiger partial charge in [-0.2, -0.15) is 0 Å². The Morgan fingerprint density at radius 2 is 1.89 bits per heavy atom. The smallest absolute Gasteiger partial charge is 0.225 e. The fourth-order valence-corrected chi connectivity index (χ4v) is 5.43. The van der Waals surface area contributed by atoms with E-state index in [4.69, 9.17) is 4.98 Å². The summed E-state index contributed by atoms with van der Waals surface area (Å²) in [6.45, 7) is 10.2. The van der Waals surface area contributed by atoms with Crippen molar-refractivity contribution in [3.63, 3.8) is 0 Å². The zero-order valence-corrected chi connectivity index (χ0v) is 17.5. The van der Waals surface area contributed by atoms with E-state index in [9.17, 15) is 4.79 Å². The number of hydrogen-bond acceptors (Lipinski definition) is 5. The van der Waals surface area contributed by atoms with Crippen molar-refractivity contribution in [1.29, 1.82) is 0 Å². The van der Waals surface area contributed by atoms with E-state index in [1.165, 1.54) is 23.8 Å². The third-order valence-corrected chi connectivity index (χ3v) is 6.71. The summed E-state index contributed by atoms with van der Waals surface area (Å²) in [6.07, 6.45) is 5.26. The number of nitrogens with zero attached hydrogens (tertiary/aromatic N) is 4. The Balaban J connectivity index is 1.54. The number of fused-ring (bicyclic) bond motifs is 1. The van der Waals surface area contributed by atoms with Crippen molar-refractivity contribution in [2.45, 2.75) is 52.9 Å². The average Bonchev–Trinajstić information content (AvgIpc) is 3.31. The number of amides is 1. The lowest BCUT2D eigenvalue weighted by Gasteiger charge is -2.34. The molecule has 6 heteroatoms. The summed E-state index contributed by atoms with van der Waals surface area (Å²) < 4.78 is 0. The van der Waals surface area contributed by atoms with E-state index >= 15 is 0 Å². The molecule has 4 rings (SSSR count). The molecule has 0 unspecified atom stereocenters. The fraction of sp³-hybridized carbons (Fsp3) is 0.667. The van der Waals surface area contributed by atoms with Crippen LogP contribution in [0.5, 0.6) is 0 Å². The molecule has 2 aromatic heterocycles. The molecule has 1 amide bonds. The minimum atomic E-state index is 0.190. The van der Waals surface area contributed by atoms with Crippen molar-refractivity contribution >= 4 is 33.3 Å². The van der Waals surface area contributed by atoms with Crippen LogP contribution < -0.4 is 4.90 Å². The van der Waals surface area contributed by atoms with Crippen LogP contribution in [-0.4, -0.2) is 47.0 Å². The van der Waals surface area contributed by atoms with Crippen LogP contribution in [0.15, 0.2) is 5.38 Å². The molecule has 0 N–H and O–H groups in total. The Bertz CT molecular complexity index is 817. The number of carbonyl (C=O) groups is 1. The Kier molecular flexibility index (Phi) is 5.35. The highest BCUT2D eigenvalue weighted by Crippen LogP contribution is 2.35. The highest BCUT2D eigenvalue weighted by molar-refractivity contribution is 7.17. The normalized spacial score (nSPS) is 18.8. The fourth-order valence-electron chi connectivity index (χ4n) is 4.44. The molecule has 0 aliphatic carbocycles. The van der Waals surface area contributed by atoms with Gasteiger partial charge in [0.05, 0.1) is 5.39 Å². The summed E-state index contributed by atoms with van der Waals surface area (Å²) in [6, 6.07) is 0. The van der Waals surface area contributed by atoms with Gasteiger partial charge < -0.3 is 9.80 Å². The van der Waals surface area contributed by atoms with Crippen molar-refractivity contribution in [3.05, 3.63) is 16.8 Å². The van der Waals surface area contributed by atoms with Crippen LogP contribution in [0.3, 0.4) is 0 Å². The van der Waals surface area contributed by atoms with Gasteiger partial charge in [0.1, 0.15) is 16.5 Å². The minimum Gasteiger partial charge on any atom is -0.356 e. The van der Waals surface area contributed by atoms with E-state index in [1.807, 2.05) is 6.92 Å². The number of carbonyl (C=O) groups excluding carboxylic acids is 1. The standard InChI is InChI=1S/C21H30N4OS/c1-14(2)12-17-13-27-20-18(17)19(22-15(3)23-20)24-10-6-16(7-11-24)21(26)25-8-4-5-9-25/h13-14,16H,4-12H2,1-3H3. The largest absolute Gasteiger partial charge is 0.356 e. The second kappa shape index (κ2) is 7.74. The zero-order valence-electron chi connectivity index (χ0n) is 16.7. The topological polar surface area (TPSA) is 49.3 Å². The Morgan fingerprint density at radius 3 is 2.56 bits per heavy atom. The second-order valence-electron chi connectivity index (χ2n) is 8.43. The maximum Gasteiger partial charge on any atom is 0.225 e. The van der Waals surface area contributed by atoms with Crippen molar-refractivity contribution < 1.29 is 4.79 Å². The first kappa shape index (κ1) is 18.7. The van der Waals surface area contributed by atoms with Gasteiger partial charge in [-0.1, -0.05) is 13.8 Å². The van der Waals surface area contributed by atoms with Gasteiger partial charge in [0, 0.05) is 32.1 Å². The predicted octanol–water partition coefficient (Wildman–Crippen LogP) is 4.04. The van der Waals surface area contributed by atoms with Gasteiger partial charge in [0.25, 0.3) is 0 Å². The summed E-state index contributed by atoms with van der Waals surface area (Å²) >= 11 is 1.73.